The molecule has 11 heteroatoms. The fraction of sp³-hybridized carbons (Fsp3) is 0.250. The molecule has 0 bridgehead atoms. The maximum atomic E-state index is 12.9. The zero-order chi connectivity index (χ0) is 25.3. The zero-order valence-corrected chi connectivity index (χ0v) is 19.6. The molecule has 0 aliphatic heterocycles. The maximum Gasteiger partial charge on any atom is 0.296 e. The van der Waals surface area contributed by atoms with Gasteiger partial charge in [-0.3, -0.25) is 18.8 Å². The number of benzene rings is 1. The van der Waals surface area contributed by atoms with E-state index >= 15 is 0 Å². The lowest BCUT2D eigenvalue weighted by Gasteiger charge is -2.26. The van der Waals surface area contributed by atoms with E-state index in [0.717, 1.165) is 16.8 Å². The van der Waals surface area contributed by atoms with Crippen LogP contribution in [0.1, 0.15) is 57.5 Å². The molecule has 0 spiro atoms. The third-order valence-electron chi connectivity index (χ3n) is 5.92. The second kappa shape index (κ2) is 9.26. The van der Waals surface area contributed by atoms with Gasteiger partial charge in [-0.05, 0) is 18.6 Å². The highest BCUT2D eigenvalue weighted by Gasteiger charge is 2.32. The first-order chi connectivity index (χ1) is 16.7. The Morgan fingerprint density at radius 2 is 2.00 bits per heavy atom. The molecule has 3 aromatic heterocycles. The van der Waals surface area contributed by atoms with E-state index in [1.54, 1.807) is 23.9 Å². The Labute approximate surface area is 200 Å². The lowest BCUT2D eigenvalue weighted by Crippen LogP contribution is -2.29. The Balaban J connectivity index is 1.88. The number of hydrogen-bond acceptors (Lipinski definition) is 8. The molecule has 4 aromatic rings. The summed E-state index contributed by atoms with van der Waals surface area (Å²) in [6.45, 7) is 3.72. The van der Waals surface area contributed by atoms with Crippen molar-refractivity contribution in [2.75, 3.05) is 5.32 Å². The van der Waals surface area contributed by atoms with Gasteiger partial charge in [0, 0.05) is 37.7 Å². The lowest BCUT2D eigenvalue weighted by molar-refractivity contribution is 0.101. The molecule has 11 nitrogen and oxygen atoms in total. The van der Waals surface area contributed by atoms with E-state index < -0.39 is 34.7 Å². The number of nitriles is 1. The first kappa shape index (κ1) is 23.4. The number of aryl methyl sites for hydroxylation is 2. The Kier molecular flexibility index (Phi) is 6.20. The minimum atomic E-state index is -0.789. The van der Waals surface area contributed by atoms with Gasteiger partial charge < -0.3 is 14.9 Å². The number of aromatic nitrogens is 5. The first-order valence-electron chi connectivity index (χ1n) is 10.7. The molecule has 35 heavy (non-hydrogen) atoms. The van der Waals surface area contributed by atoms with E-state index in [1.807, 2.05) is 32.2 Å². The summed E-state index contributed by atoms with van der Waals surface area (Å²) in [6, 6.07) is 9.42. The van der Waals surface area contributed by atoms with Gasteiger partial charge in [-0.2, -0.15) is 10.4 Å². The molecule has 1 aromatic carbocycles. The third-order valence-corrected chi connectivity index (χ3v) is 5.92. The van der Waals surface area contributed by atoms with E-state index in [2.05, 4.69) is 26.6 Å². The Morgan fingerprint density at radius 1 is 1.26 bits per heavy atom. The van der Waals surface area contributed by atoms with Crippen molar-refractivity contribution in [2.24, 2.45) is 14.1 Å². The average Bonchev–Trinajstić information content (AvgIpc) is 3.47. The van der Waals surface area contributed by atoms with Gasteiger partial charge in [0.2, 0.25) is 5.75 Å². The van der Waals surface area contributed by atoms with Crippen molar-refractivity contribution in [1.82, 2.24) is 24.5 Å². The largest absolute Gasteiger partial charge is 0.501 e. The topological polar surface area (TPSA) is 152 Å². The number of carbonyl (C=O) groups is 1. The van der Waals surface area contributed by atoms with Crippen LogP contribution in [0.4, 0.5) is 5.69 Å². The smallest absolute Gasteiger partial charge is 0.296 e. The van der Waals surface area contributed by atoms with Crippen molar-refractivity contribution < 1.29 is 14.4 Å². The van der Waals surface area contributed by atoms with Crippen LogP contribution in [0.5, 0.6) is 5.75 Å². The summed E-state index contributed by atoms with van der Waals surface area (Å²) in [5.74, 6) is -2.22. The van der Waals surface area contributed by atoms with E-state index in [4.69, 9.17) is 4.52 Å². The van der Waals surface area contributed by atoms with E-state index in [1.165, 1.54) is 24.1 Å². The highest BCUT2D eigenvalue weighted by Crippen LogP contribution is 2.40. The van der Waals surface area contributed by atoms with Crippen LogP contribution in [0.2, 0.25) is 0 Å². The summed E-state index contributed by atoms with van der Waals surface area (Å²) >= 11 is 0. The van der Waals surface area contributed by atoms with Crippen molar-refractivity contribution in [3.05, 3.63) is 87.2 Å². The molecule has 4 rings (SSSR count). The molecule has 0 saturated carbocycles. The standard InChI is InChI=1S/C24H23N7O4/c1-13(19(18-11-30(3)29-14(18)2)17-8-6-5-7-15(17)9-25)22-28-20(21(32)24(34)31(22)4)23(33)27-16-10-26-35-12-16/h5-8,10-13,19,32H,1-4H3,(H,27,33)/t13-,19+/m1/s1. The number of anilines is 1. The van der Waals surface area contributed by atoms with Crippen molar-refractivity contribution in [1.29, 1.82) is 5.26 Å². The second-order valence-electron chi connectivity index (χ2n) is 8.21. The fourth-order valence-corrected chi connectivity index (χ4v) is 4.28. The molecule has 2 N–H and O–H groups in total. The van der Waals surface area contributed by atoms with Crippen LogP contribution in [-0.2, 0) is 14.1 Å². The number of nitrogens with zero attached hydrogens (tertiary/aromatic N) is 6. The molecule has 2 atom stereocenters. The SMILES string of the molecule is Cc1nn(C)cc1[C@H](c1ccccc1C#N)[C@@H](C)c1nc(C(=O)Nc2cnoc2)c(O)c(=O)n1C. The number of aromatic hydroxyl groups is 1. The predicted octanol–water partition coefficient (Wildman–Crippen LogP) is 2.58. The van der Waals surface area contributed by atoms with E-state index in [-0.39, 0.29) is 11.5 Å². The van der Waals surface area contributed by atoms with Crippen molar-refractivity contribution in [3.8, 4) is 11.8 Å². The molecule has 0 saturated heterocycles. The first-order valence-corrected chi connectivity index (χ1v) is 10.7. The second-order valence-corrected chi connectivity index (χ2v) is 8.21. The average molecular weight is 473 g/mol. The van der Waals surface area contributed by atoms with Crippen molar-refractivity contribution in [3.63, 3.8) is 0 Å². The molecule has 0 unspecified atom stereocenters. The summed E-state index contributed by atoms with van der Waals surface area (Å²) in [5.41, 5.74) is 1.86. The van der Waals surface area contributed by atoms with Crippen molar-refractivity contribution >= 4 is 11.6 Å². The molecule has 1 amide bonds. The number of carbonyl (C=O) groups excluding carboxylic acids is 1. The monoisotopic (exact) mass is 473 g/mol. The number of nitrogens with one attached hydrogen (secondary N) is 1. The molecule has 0 radical (unpaired) electrons. The lowest BCUT2D eigenvalue weighted by atomic mass is 9.79. The van der Waals surface area contributed by atoms with Gasteiger partial charge in [-0.15, -0.1) is 0 Å². The predicted molar refractivity (Wildman–Crippen MR) is 125 cm³/mol. The molecular formula is C24H23N7O4. The van der Waals surface area contributed by atoms with Gasteiger partial charge in [0.05, 0.1) is 23.5 Å². The summed E-state index contributed by atoms with van der Waals surface area (Å²) in [4.78, 5) is 30.2. The summed E-state index contributed by atoms with van der Waals surface area (Å²) in [5, 5.41) is 30.7. The Bertz CT molecular complexity index is 1500. The maximum absolute atomic E-state index is 12.9. The Morgan fingerprint density at radius 3 is 2.63 bits per heavy atom. The fourth-order valence-electron chi connectivity index (χ4n) is 4.28. The van der Waals surface area contributed by atoms with Gasteiger partial charge in [-0.25, -0.2) is 4.98 Å². The van der Waals surface area contributed by atoms with Gasteiger partial charge >= 0.3 is 0 Å². The summed E-state index contributed by atoms with van der Waals surface area (Å²) in [7, 11) is 3.28. The van der Waals surface area contributed by atoms with Crippen LogP contribution < -0.4 is 10.9 Å². The third kappa shape index (κ3) is 4.29. The van der Waals surface area contributed by atoms with E-state index in [0.29, 0.717) is 5.56 Å². The zero-order valence-electron chi connectivity index (χ0n) is 19.6. The molecule has 178 valence electrons. The molecule has 0 aliphatic carbocycles. The quantitative estimate of drug-likeness (QED) is 0.433. The molecular weight excluding hydrogens is 450 g/mol. The van der Waals surface area contributed by atoms with Gasteiger partial charge in [0.25, 0.3) is 11.5 Å². The summed E-state index contributed by atoms with van der Waals surface area (Å²) < 4.78 is 7.60. The molecule has 3 heterocycles. The van der Waals surface area contributed by atoms with Gasteiger partial charge in [-0.1, -0.05) is 30.3 Å². The van der Waals surface area contributed by atoms with Crippen LogP contribution in [-0.4, -0.2) is 35.5 Å². The highest BCUT2D eigenvalue weighted by atomic mass is 16.5. The van der Waals surface area contributed by atoms with Gasteiger partial charge in [0.1, 0.15) is 17.8 Å². The summed E-state index contributed by atoms with van der Waals surface area (Å²) in [6.07, 6.45) is 4.35. The van der Waals surface area contributed by atoms with Crippen LogP contribution in [0.15, 0.2) is 52.2 Å². The number of hydrogen-bond donors (Lipinski definition) is 2. The van der Waals surface area contributed by atoms with Crippen molar-refractivity contribution in [2.45, 2.75) is 25.7 Å². The van der Waals surface area contributed by atoms with Gasteiger partial charge in [0.15, 0.2) is 5.69 Å². The normalized spacial score (nSPS) is 12.7. The molecule has 0 aliphatic rings. The highest BCUT2D eigenvalue weighted by molar-refractivity contribution is 6.04. The number of amides is 1. The van der Waals surface area contributed by atoms with Crippen LogP contribution in [0.3, 0.4) is 0 Å². The minimum Gasteiger partial charge on any atom is -0.501 e. The van der Waals surface area contributed by atoms with Crippen LogP contribution in [0, 0.1) is 18.3 Å². The van der Waals surface area contributed by atoms with Crippen LogP contribution >= 0.6 is 0 Å². The molecule has 0 fully saturated rings. The van der Waals surface area contributed by atoms with Crippen LogP contribution in [0.25, 0.3) is 0 Å². The van der Waals surface area contributed by atoms with E-state index in [9.17, 15) is 20.0 Å². The minimum absolute atomic E-state index is 0.248. The Hall–Kier alpha value is -4.72. The number of rotatable bonds is 6.